The minimum atomic E-state index is -0.304. The maximum atomic E-state index is 13.4. The van der Waals surface area contributed by atoms with Gasteiger partial charge in [-0.25, -0.2) is 9.97 Å². The Hall–Kier alpha value is -3.16. The van der Waals surface area contributed by atoms with E-state index in [1.54, 1.807) is 6.07 Å². The maximum absolute atomic E-state index is 13.4. The van der Waals surface area contributed by atoms with Crippen LogP contribution in [-0.4, -0.2) is 78.5 Å². The van der Waals surface area contributed by atoms with Gasteiger partial charge in [-0.15, -0.1) is 0 Å². The van der Waals surface area contributed by atoms with E-state index in [1.807, 2.05) is 60.0 Å². The van der Waals surface area contributed by atoms with Crippen molar-refractivity contribution in [2.75, 3.05) is 51.8 Å². The fourth-order valence-corrected chi connectivity index (χ4v) is 4.76. The largest absolute Gasteiger partial charge is 0.492 e. The van der Waals surface area contributed by atoms with Crippen LogP contribution in [0.3, 0.4) is 0 Å². The number of likely N-dealkylation sites (tertiary alicyclic amines) is 2. The first-order valence-electron chi connectivity index (χ1n) is 12.1. The number of ether oxygens (including phenoxy) is 1. The number of aryl methyl sites for hydroxylation is 1. The van der Waals surface area contributed by atoms with Crippen molar-refractivity contribution in [2.45, 2.75) is 44.9 Å². The van der Waals surface area contributed by atoms with Gasteiger partial charge in [-0.2, -0.15) is 0 Å². The summed E-state index contributed by atoms with van der Waals surface area (Å²) < 4.78 is 5.86. The van der Waals surface area contributed by atoms with E-state index >= 15 is 0 Å². The average Bonchev–Trinajstić information content (AvgIpc) is 3.23. The minimum Gasteiger partial charge on any atom is -0.492 e. The van der Waals surface area contributed by atoms with Crippen LogP contribution in [-0.2, 0) is 10.2 Å². The molecule has 0 N–H and O–H groups in total. The Kier molecular flexibility index (Phi) is 7.05. The molecule has 0 aliphatic carbocycles. The van der Waals surface area contributed by atoms with Crippen molar-refractivity contribution in [3.63, 3.8) is 0 Å². The van der Waals surface area contributed by atoms with E-state index in [2.05, 4.69) is 6.92 Å². The highest BCUT2D eigenvalue weighted by Crippen LogP contribution is 2.33. The molecule has 2 aromatic rings. The van der Waals surface area contributed by atoms with Gasteiger partial charge in [-0.1, -0.05) is 13.0 Å². The lowest BCUT2D eigenvalue weighted by Crippen LogP contribution is -2.48. The molecule has 2 amide bonds. The number of nitrogens with zero attached hydrogens (tertiary/aromatic N) is 5. The molecule has 1 aromatic carbocycles. The first-order valence-corrected chi connectivity index (χ1v) is 12.1. The van der Waals surface area contributed by atoms with Crippen molar-refractivity contribution in [1.82, 2.24) is 19.8 Å². The molecule has 0 radical (unpaired) electrons. The zero-order chi connectivity index (χ0) is 24.3. The Balaban J connectivity index is 1.44. The molecule has 1 aromatic heterocycles. The average molecular weight is 466 g/mol. The number of anilines is 1. The van der Waals surface area contributed by atoms with E-state index < -0.39 is 0 Å². The summed E-state index contributed by atoms with van der Waals surface area (Å²) in [6.07, 6.45) is 3.38. The summed E-state index contributed by atoms with van der Waals surface area (Å²) in [6, 6.07) is 9.31. The van der Waals surface area contributed by atoms with E-state index in [0.29, 0.717) is 44.0 Å². The first-order chi connectivity index (χ1) is 16.2. The van der Waals surface area contributed by atoms with Crippen LogP contribution in [0, 0.1) is 6.92 Å². The quantitative estimate of drug-likeness (QED) is 0.625. The number of hydrogen-bond acceptors (Lipinski definition) is 6. The number of aromatic nitrogens is 2. The molecule has 4 rings (SSSR count). The molecule has 182 valence electrons. The molecule has 2 saturated heterocycles. The van der Waals surface area contributed by atoms with Crippen molar-refractivity contribution in [1.29, 1.82) is 0 Å². The summed E-state index contributed by atoms with van der Waals surface area (Å²) in [5.74, 6) is 2.51. The van der Waals surface area contributed by atoms with Crippen LogP contribution in [0.1, 0.15) is 54.5 Å². The topological polar surface area (TPSA) is 78.9 Å². The smallest absolute Gasteiger partial charge is 0.254 e. The summed E-state index contributed by atoms with van der Waals surface area (Å²) in [5.41, 5.74) is 1.23. The van der Waals surface area contributed by atoms with Crippen LogP contribution in [0.15, 0.2) is 30.3 Å². The normalized spacial score (nSPS) is 20.5. The van der Waals surface area contributed by atoms with Gasteiger partial charge < -0.3 is 19.4 Å². The Labute approximate surface area is 201 Å². The SMILES string of the molecule is Cc1cc(N(C)C)nc([C@@]2(C)CCCN(C(=O)c3cccc(OCCN4CCCC4=O)c3)C2)n1. The summed E-state index contributed by atoms with van der Waals surface area (Å²) >= 11 is 0. The Morgan fingerprint density at radius 3 is 2.74 bits per heavy atom. The molecule has 2 aliphatic heterocycles. The van der Waals surface area contributed by atoms with Gasteiger partial charge >= 0.3 is 0 Å². The molecule has 1 atom stereocenters. The third kappa shape index (κ3) is 5.32. The highest BCUT2D eigenvalue weighted by Gasteiger charge is 2.37. The number of amides is 2. The summed E-state index contributed by atoms with van der Waals surface area (Å²) in [5, 5.41) is 0. The summed E-state index contributed by atoms with van der Waals surface area (Å²) in [6.45, 7) is 7.22. The monoisotopic (exact) mass is 465 g/mol. The maximum Gasteiger partial charge on any atom is 0.254 e. The molecule has 34 heavy (non-hydrogen) atoms. The molecule has 0 unspecified atom stereocenters. The lowest BCUT2D eigenvalue weighted by molar-refractivity contribution is -0.128. The van der Waals surface area contributed by atoms with Crippen molar-refractivity contribution >= 4 is 17.6 Å². The molecule has 3 heterocycles. The fourth-order valence-electron chi connectivity index (χ4n) is 4.76. The Bertz CT molecular complexity index is 1060. The standard InChI is InChI=1S/C26H35N5O3/c1-19-16-22(29(3)4)28-25(27-19)26(2)11-7-13-31(18-26)24(33)20-8-5-9-21(17-20)34-15-14-30-12-6-10-23(30)32/h5,8-9,16-17H,6-7,10-15,18H2,1-4H3/t26-/m0/s1. The van der Waals surface area contributed by atoms with E-state index in [4.69, 9.17) is 14.7 Å². The lowest BCUT2D eigenvalue weighted by atomic mass is 9.80. The predicted molar refractivity (Wildman–Crippen MR) is 131 cm³/mol. The van der Waals surface area contributed by atoms with Gasteiger partial charge in [0.05, 0.1) is 6.54 Å². The van der Waals surface area contributed by atoms with Crippen molar-refractivity contribution in [3.05, 3.63) is 47.4 Å². The second-order valence-electron chi connectivity index (χ2n) is 9.84. The third-order valence-corrected chi connectivity index (χ3v) is 6.70. The molecular formula is C26H35N5O3. The van der Waals surface area contributed by atoms with E-state index in [0.717, 1.165) is 43.1 Å². The number of carbonyl (C=O) groups is 2. The number of carbonyl (C=O) groups excluding carboxylic acids is 2. The van der Waals surface area contributed by atoms with Crippen LogP contribution >= 0.6 is 0 Å². The van der Waals surface area contributed by atoms with Crippen LogP contribution in [0.5, 0.6) is 5.75 Å². The summed E-state index contributed by atoms with van der Waals surface area (Å²) in [7, 11) is 3.95. The van der Waals surface area contributed by atoms with Crippen molar-refractivity contribution in [3.8, 4) is 5.75 Å². The van der Waals surface area contributed by atoms with Crippen molar-refractivity contribution in [2.24, 2.45) is 0 Å². The van der Waals surface area contributed by atoms with Gasteiger partial charge in [-0.3, -0.25) is 9.59 Å². The molecule has 8 nitrogen and oxygen atoms in total. The molecule has 0 saturated carbocycles. The number of hydrogen-bond donors (Lipinski definition) is 0. The van der Waals surface area contributed by atoms with Gasteiger partial charge in [0, 0.05) is 62.9 Å². The third-order valence-electron chi connectivity index (χ3n) is 6.70. The molecule has 0 spiro atoms. The minimum absolute atomic E-state index is 0.00779. The van der Waals surface area contributed by atoms with Gasteiger partial charge in [0.25, 0.3) is 5.91 Å². The van der Waals surface area contributed by atoms with E-state index in [1.165, 1.54) is 0 Å². The second-order valence-corrected chi connectivity index (χ2v) is 9.84. The van der Waals surface area contributed by atoms with Gasteiger partial charge in [-0.05, 0) is 44.4 Å². The summed E-state index contributed by atoms with van der Waals surface area (Å²) in [4.78, 5) is 40.5. The van der Waals surface area contributed by atoms with Gasteiger partial charge in [0.15, 0.2) is 0 Å². The van der Waals surface area contributed by atoms with Gasteiger partial charge in [0.1, 0.15) is 24.0 Å². The second kappa shape index (κ2) is 9.99. The zero-order valence-electron chi connectivity index (χ0n) is 20.7. The molecule has 0 bridgehead atoms. The molecular weight excluding hydrogens is 430 g/mol. The number of piperidine rings is 1. The number of rotatable bonds is 7. The van der Waals surface area contributed by atoms with Crippen LogP contribution in [0.2, 0.25) is 0 Å². The van der Waals surface area contributed by atoms with Crippen molar-refractivity contribution < 1.29 is 14.3 Å². The Morgan fingerprint density at radius 1 is 1.18 bits per heavy atom. The highest BCUT2D eigenvalue weighted by atomic mass is 16.5. The predicted octanol–water partition coefficient (Wildman–Crippen LogP) is 3.05. The zero-order valence-corrected chi connectivity index (χ0v) is 20.7. The first kappa shape index (κ1) is 24.0. The van der Waals surface area contributed by atoms with Gasteiger partial charge in [0.2, 0.25) is 5.91 Å². The highest BCUT2D eigenvalue weighted by molar-refractivity contribution is 5.94. The lowest BCUT2D eigenvalue weighted by Gasteiger charge is -2.39. The van der Waals surface area contributed by atoms with Crippen LogP contribution in [0.4, 0.5) is 5.82 Å². The molecule has 2 fully saturated rings. The van der Waals surface area contributed by atoms with E-state index in [9.17, 15) is 9.59 Å². The fraction of sp³-hybridized carbons (Fsp3) is 0.538. The van der Waals surface area contributed by atoms with Crippen LogP contribution in [0.25, 0.3) is 0 Å². The Morgan fingerprint density at radius 2 is 2.00 bits per heavy atom. The number of benzene rings is 1. The molecule has 8 heteroatoms. The van der Waals surface area contributed by atoms with Crippen LogP contribution < -0.4 is 9.64 Å². The molecule has 2 aliphatic rings. The van der Waals surface area contributed by atoms with E-state index in [-0.39, 0.29) is 17.2 Å².